The number of hydrogen-bond donors (Lipinski definition) is 9. The minimum atomic E-state index is -1.59. The van der Waals surface area contributed by atoms with Gasteiger partial charge < -0.3 is 81.4 Å². The van der Waals surface area contributed by atoms with Crippen molar-refractivity contribution in [3.8, 4) is 0 Å². The standard InChI is InChI=1S/C61H88N7O12P/c1-36-32-75-53(28-48(36)38(3)39(4)80-61(5,6)7)78-55-50(66-57(71)52(69)11-9-10-37(2)74-33-41-14-20-44(62)21-15-41)29-51(67-59(72)76-34-42-18-24-46(64-8)25-19-42)56(54(55)70)79-58-49(27-26-47(77-58)31-65-30-40-12-13-40)68-60(73)81-35-43-16-22-45(63)23-17-43/h14-26,36,38,40,48-56,58,64-65,69-70,81H,2,4,9-13,27-35,62-63H2,1,3,5-8H3,(H,66,71)(H,67,72)(H,68,73)/t36?,38?,48-,49-,50-,51+,52-,53-,54-,55+,56-,58-/m1/s1. The predicted molar refractivity (Wildman–Crippen MR) is 315 cm³/mol. The third kappa shape index (κ3) is 19.9. The summed E-state index contributed by atoms with van der Waals surface area (Å²) in [6, 6.07) is 19.3. The Bertz CT molecular complexity index is 2560. The molecule has 2 aliphatic carbocycles. The maximum Gasteiger partial charge on any atom is 0.407 e. The molecule has 444 valence electrons. The highest BCUT2D eigenvalue weighted by atomic mass is 31.1. The molecular weight excluding hydrogens is 1050 g/mol. The van der Waals surface area contributed by atoms with Gasteiger partial charge in [0.2, 0.25) is 17.8 Å². The Labute approximate surface area is 479 Å². The van der Waals surface area contributed by atoms with Crippen LogP contribution in [0.25, 0.3) is 0 Å². The van der Waals surface area contributed by atoms with E-state index in [1.165, 1.54) is 0 Å². The van der Waals surface area contributed by atoms with Crippen LogP contribution in [0, 0.1) is 23.7 Å². The lowest BCUT2D eigenvalue weighted by atomic mass is 9.78. The van der Waals surface area contributed by atoms with Gasteiger partial charge in [-0.2, -0.15) is 0 Å². The summed E-state index contributed by atoms with van der Waals surface area (Å²) in [6.45, 7) is 20.2. The quantitative estimate of drug-likeness (QED) is 0.0188. The maximum absolute atomic E-state index is 14.2. The first-order valence-corrected chi connectivity index (χ1v) is 29.7. The van der Waals surface area contributed by atoms with Crippen LogP contribution in [0.2, 0.25) is 0 Å². The molecule has 19 nitrogen and oxygen atoms in total. The summed E-state index contributed by atoms with van der Waals surface area (Å²) in [5, 5.41) is 40.0. The van der Waals surface area contributed by atoms with Crippen molar-refractivity contribution in [1.29, 1.82) is 0 Å². The molecule has 81 heavy (non-hydrogen) atoms. The van der Waals surface area contributed by atoms with Crippen LogP contribution in [0.3, 0.4) is 0 Å². The molecule has 20 heteroatoms. The van der Waals surface area contributed by atoms with Crippen molar-refractivity contribution in [3.63, 3.8) is 0 Å². The second kappa shape index (κ2) is 29.9. The fourth-order valence-electron chi connectivity index (χ4n) is 10.2. The van der Waals surface area contributed by atoms with Crippen molar-refractivity contribution in [2.24, 2.45) is 23.7 Å². The number of alkyl carbamates (subject to hydrolysis) is 1. The summed E-state index contributed by atoms with van der Waals surface area (Å²) in [6.07, 6.45) is -2.21. The lowest BCUT2D eigenvalue weighted by Gasteiger charge is -2.48. The zero-order valence-corrected chi connectivity index (χ0v) is 49.0. The Balaban J connectivity index is 1.14. The number of hydrogen-bond acceptors (Lipinski definition) is 16. The fraction of sp³-hybridized carbons (Fsp3) is 0.557. The van der Waals surface area contributed by atoms with Gasteiger partial charge in [0.25, 0.3) is 0 Å². The molecule has 0 bridgehead atoms. The number of nitrogen functional groups attached to an aromatic ring is 2. The van der Waals surface area contributed by atoms with Gasteiger partial charge >= 0.3 is 6.09 Å². The first-order chi connectivity index (χ1) is 38.7. The number of nitrogens with one attached hydrogen (secondary N) is 5. The van der Waals surface area contributed by atoms with E-state index in [1.54, 1.807) is 24.3 Å². The van der Waals surface area contributed by atoms with Gasteiger partial charge in [-0.3, -0.25) is 9.59 Å². The van der Waals surface area contributed by atoms with Gasteiger partial charge in [0.15, 0.2) is 6.29 Å². The first kappa shape index (κ1) is 62.7. The summed E-state index contributed by atoms with van der Waals surface area (Å²) >= 11 is 0. The number of amides is 3. The number of anilines is 3. The number of allylic oxidation sites excluding steroid dienone is 2. The van der Waals surface area contributed by atoms with E-state index in [0.717, 1.165) is 41.8 Å². The van der Waals surface area contributed by atoms with Gasteiger partial charge in [0.1, 0.15) is 49.0 Å². The van der Waals surface area contributed by atoms with Crippen LogP contribution < -0.4 is 38.1 Å². The average Bonchev–Trinajstić information content (AvgIpc) is 4.42. The van der Waals surface area contributed by atoms with E-state index in [-0.39, 0.29) is 58.0 Å². The summed E-state index contributed by atoms with van der Waals surface area (Å²) in [4.78, 5) is 42.0. The largest absolute Gasteiger partial charge is 0.494 e. The van der Waals surface area contributed by atoms with Crippen molar-refractivity contribution in [2.75, 3.05) is 43.5 Å². The Kier molecular flexibility index (Phi) is 23.1. The molecule has 0 radical (unpaired) electrons. The van der Waals surface area contributed by atoms with Gasteiger partial charge in [-0.25, -0.2) is 4.79 Å². The van der Waals surface area contributed by atoms with Crippen LogP contribution in [0.4, 0.5) is 26.7 Å². The third-order valence-electron chi connectivity index (χ3n) is 15.2. The van der Waals surface area contributed by atoms with Crippen LogP contribution in [-0.2, 0) is 57.3 Å². The molecule has 3 amide bonds. The molecule has 2 heterocycles. The predicted octanol–water partition coefficient (Wildman–Crippen LogP) is 8.32. The number of nitrogens with two attached hydrogens (primary N) is 2. The molecule has 3 aromatic carbocycles. The monoisotopic (exact) mass is 1140 g/mol. The topological polar surface area (TPSA) is 268 Å². The van der Waals surface area contributed by atoms with Crippen molar-refractivity contribution in [2.45, 2.75) is 166 Å². The van der Waals surface area contributed by atoms with E-state index in [4.69, 9.17) is 44.6 Å². The second-order valence-electron chi connectivity index (χ2n) is 23.0. The normalized spacial score (nSPS) is 25.6. The van der Waals surface area contributed by atoms with E-state index >= 15 is 0 Å². The SMILES string of the molecule is C=C(CCC[C@@H](O)C(=O)N[C@@H]1C[C@H](NC(=O)OCc2ccc(NC)cc2)[C@@H](O[C@H]2OC(CNCC3CC3)=CC[C@H]2NC(=O)PCc2ccc(N)cc2)[C@H](O)[C@H]1O[C@@H]1C[C@@H](C(C)C(=C)OC(C)(C)C)C(C)CO1)OCc1ccc(N)cc1. The Hall–Kier alpha value is -5.92. The van der Waals surface area contributed by atoms with Gasteiger partial charge in [-0.05, 0) is 158 Å². The molecule has 0 spiro atoms. The Morgan fingerprint density at radius 1 is 0.840 bits per heavy atom. The van der Waals surface area contributed by atoms with Gasteiger partial charge in [-0.1, -0.05) is 63.4 Å². The van der Waals surface area contributed by atoms with Crippen molar-refractivity contribution in [1.82, 2.24) is 21.3 Å². The zero-order chi connectivity index (χ0) is 58.2. The number of carbonyl (C=O) groups is 3. The summed E-state index contributed by atoms with van der Waals surface area (Å²) in [7, 11) is 1.67. The fourth-order valence-corrected chi connectivity index (χ4v) is 11.1. The van der Waals surface area contributed by atoms with Gasteiger partial charge in [0.05, 0.1) is 42.8 Å². The van der Waals surface area contributed by atoms with Gasteiger partial charge in [0, 0.05) is 42.9 Å². The molecule has 2 aliphatic heterocycles. The second-order valence-corrected chi connectivity index (χ2v) is 24.2. The molecule has 11 N–H and O–H groups in total. The molecule has 3 fully saturated rings. The van der Waals surface area contributed by atoms with Crippen molar-refractivity contribution < 1.29 is 57.8 Å². The summed E-state index contributed by atoms with van der Waals surface area (Å²) in [5.41, 5.74) is 15.8. The highest BCUT2D eigenvalue weighted by Gasteiger charge is 2.51. The average molecular weight is 1140 g/mol. The van der Waals surface area contributed by atoms with Crippen LogP contribution in [-0.4, -0.2) is 115 Å². The van der Waals surface area contributed by atoms with Gasteiger partial charge in [-0.15, -0.1) is 0 Å². The van der Waals surface area contributed by atoms with E-state index < -0.39 is 72.7 Å². The van der Waals surface area contributed by atoms with E-state index in [1.807, 2.05) is 82.4 Å². The molecule has 4 aliphatic rings. The minimum absolute atomic E-state index is 0.00966. The van der Waals surface area contributed by atoms with Crippen LogP contribution in [0.1, 0.15) is 103 Å². The highest BCUT2D eigenvalue weighted by molar-refractivity contribution is 7.56. The lowest BCUT2D eigenvalue weighted by Crippen LogP contribution is -2.68. The molecule has 3 aromatic rings. The number of ether oxygens (including phenoxy) is 7. The molecular formula is C61H88N7O12P. The van der Waals surface area contributed by atoms with E-state index in [9.17, 15) is 24.6 Å². The van der Waals surface area contributed by atoms with Crippen LogP contribution >= 0.6 is 8.58 Å². The van der Waals surface area contributed by atoms with Crippen molar-refractivity contribution >= 4 is 43.3 Å². The maximum atomic E-state index is 14.2. The number of carbonyl (C=O) groups excluding carboxylic acids is 3. The third-order valence-corrected chi connectivity index (χ3v) is 16.2. The molecule has 7 rings (SSSR count). The molecule has 13 atom stereocenters. The molecule has 2 saturated carbocycles. The Morgan fingerprint density at radius 2 is 1.47 bits per heavy atom. The molecule has 1 saturated heterocycles. The van der Waals surface area contributed by atoms with E-state index in [0.29, 0.717) is 79.6 Å². The van der Waals surface area contributed by atoms with E-state index in [2.05, 4.69) is 53.6 Å². The number of rotatable bonds is 28. The lowest BCUT2D eigenvalue weighted by molar-refractivity contribution is -0.269. The molecule has 0 aromatic heterocycles. The molecule has 3 unspecified atom stereocenters. The first-order valence-electron chi connectivity index (χ1n) is 28.5. The smallest absolute Gasteiger partial charge is 0.407 e. The number of aliphatic hydroxyl groups is 2. The van der Waals surface area contributed by atoms with Crippen molar-refractivity contribution in [3.05, 3.63) is 126 Å². The zero-order valence-electron chi connectivity index (χ0n) is 48.0. The highest BCUT2D eigenvalue weighted by Crippen LogP contribution is 2.39. The number of benzene rings is 3. The van der Waals surface area contributed by atoms with Crippen LogP contribution in [0.5, 0.6) is 0 Å². The minimum Gasteiger partial charge on any atom is -0.494 e. The van der Waals surface area contributed by atoms with Crippen LogP contribution in [0.15, 0.2) is 109 Å². The number of aliphatic hydroxyl groups excluding tert-OH is 2. The summed E-state index contributed by atoms with van der Waals surface area (Å²) < 4.78 is 44.6. The Morgan fingerprint density at radius 3 is 2.12 bits per heavy atom. The summed E-state index contributed by atoms with van der Waals surface area (Å²) in [5.74, 6) is 1.59.